The minimum atomic E-state index is -0.320. The van der Waals surface area contributed by atoms with Gasteiger partial charge in [-0.25, -0.2) is 4.39 Å². The highest BCUT2D eigenvalue weighted by molar-refractivity contribution is 5.92. The van der Waals surface area contributed by atoms with Gasteiger partial charge in [0, 0.05) is 24.9 Å². The lowest BCUT2D eigenvalue weighted by atomic mass is 10.1. The summed E-state index contributed by atoms with van der Waals surface area (Å²) in [5.41, 5.74) is 2.83. The van der Waals surface area contributed by atoms with Crippen molar-refractivity contribution in [2.45, 2.75) is 39.0 Å². The first-order valence-electron chi connectivity index (χ1n) is 9.65. The Kier molecular flexibility index (Phi) is 6.47. The molecule has 1 heterocycles. The Hall–Kier alpha value is -2.66. The molecule has 1 N–H and O–H groups in total. The Morgan fingerprint density at radius 1 is 1.18 bits per heavy atom. The molecule has 0 aromatic heterocycles. The number of benzene rings is 2. The van der Waals surface area contributed by atoms with Gasteiger partial charge in [-0.05, 0) is 62.2 Å². The van der Waals surface area contributed by atoms with Gasteiger partial charge in [-0.3, -0.25) is 4.79 Å². The van der Waals surface area contributed by atoms with Crippen LogP contribution in [0.15, 0.2) is 54.6 Å². The van der Waals surface area contributed by atoms with Crippen LogP contribution in [0.4, 0.5) is 10.1 Å². The number of nitrogens with one attached hydrogen (secondary N) is 1. The summed E-state index contributed by atoms with van der Waals surface area (Å²) in [7, 11) is 0. The number of carbonyl (C=O) groups is 1. The van der Waals surface area contributed by atoms with Crippen LogP contribution in [0.25, 0.3) is 6.08 Å². The van der Waals surface area contributed by atoms with Crippen LogP contribution in [-0.2, 0) is 9.53 Å². The summed E-state index contributed by atoms with van der Waals surface area (Å²) in [6, 6.07) is 14.2. The Balaban J connectivity index is 1.64. The van der Waals surface area contributed by atoms with E-state index in [1.807, 2.05) is 19.1 Å². The number of halogens is 1. The highest BCUT2D eigenvalue weighted by Gasteiger charge is 2.22. The summed E-state index contributed by atoms with van der Waals surface area (Å²) in [6.07, 6.45) is 3.42. The van der Waals surface area contributed by atoms with E-state index in [0.29, 0.717) is 5.56 Å². The summed E-state index contributed by atoms with van der Waals surface area (Å²) < 4.78 is 19.0. The topological polar surface area (TPSA) is 41.6 Å². The second-order valence-corrected chi connectivity index (χ2v) is 7.38. The van der Waals surface area contributed by atoms with Crippen LogP contribution in [0.3, 0.4) is 0 Å². The van der Waals surface area contributed by atoms with Gasteiger partial charge in [-0.1, -0.05) is 24.3 Å². The number of hydrogen-bond donors (Lipinski definition) is 1. The zero-order chi connectivity index (χ0) is 20.1. The van der Waals surface area contributed by atoms with Gasteiger partial charge in [-0.15, -0.1) is 0 Å². The van der Waals surface area contributed by atoms with Crippen LogP contribution in [0, 0.1) is 5.82 Å². The molecule has 0 unspecified atom stereocenters. The van der Waals surface area contributed by atoms with E-state index in [2.05, 4.69) is 36.2 Å². The average molecular weight is 382 g/mol. The zero-order valence-corrected chi connectivity index (χ0v) is 16.6. The standard InChI is InChI=1S/C23H27FN2O2/c1-16-14-26(15-17(2)28-16)22-9-5-7-20(13-22)18(3)25-23(27)11-10-19-6-4-8-21(24)12-19/h4-13,16-18H,14-15H2,1-3H3,(H,25,27)/t16-,17+,18-/m1/s1. The normalized spacial score (nSPS) is 20.9. The maximum atomic E-state index is 13.2. The van der Waals surface area contributed by atoms with E-state index in [0.717, 1.165) is 24.3 Å². The van der Waals surface area contributed by atoms with E-state index in [9.17, 15) is 9.18 Å². The molecule has 0 aliphatic carbocycles. The fraction of sp³-hybridized carbons (Fsp3) is 0.348. The number of rotatable bonds is 5. The van der Waals surface area contributed by atoms with Crippen LogP contribution >= 0.6 is 0 Å². The summed E-state index contributed by atoms with van der Waals surface area (Å²) >= 11 is 0. The fourth-order valence-corrected chi connectivity index (χ4v) is 3.51. The number of nitrogens with zero attached hydrogens (tertiary/aromatic N) is 1. The molecule has 3 rings (SSSR count). The summed E-state index contributed by atoms with van der Waals surface area (Å²) in [5, 5.41) is 2.97. The van der Waals surface area contributed by atoms with E-state index < -0.39 is 0 Å². The van der Waals surface area contributed by atoms with Crippen molar-refractivity contribution in [1.29, 1.82) is 0 Å². The van der Waals surface area contributed by atoms with Crippen LogP contribution in [0.5, 0.6) is 0 Å². The summed E-state index contributed by atoms with van der Waals surface area (Å²) in [6.45, 7) is 7.83. The van der Waals surface area contributed by atoms with Crippen LogP contribution in [-0.4, -0.2) is 31.2 Å². The van der Waals surface area contributed by atoms with E-state index in [4.69, 9.17) is 4.74 Å². The lowest BCUT2D eigenvalue weighted by Gasteiger charge is -2.37. The van der Waals surface area contributed by atoms with Gasteiger partial charge in [0.25, 0.3) is 0 Å². The van der Waals surface area contributed by atoms with E-state index in [1.165, 1.54) is 18.2 Å². The maximum absolute atomic E-state index is 13.2. The molecule has 2 aromatic carbocycles. The molecule has 1 aliphatic rings. The molecule has 1 saturated heterocycles. The number of hydrogen-bond acceptors (Lipinski definition) is 3. The van der Waals surface area contributed by atoms with Crippen molar-refractivity contribution < 1.29 is 13.9 Å². The zero-order valence-electron chi connectivity index (χ0n) is 16.6. The number of morpholine rings is 1. The first-order chi connectivity index (χ1) is 13.4. The molecular formula is C23H27FN2O2. The van der Waals surface area contributed by atoms with Gasteiger partial charge in [0.1, 0.15) is 5.82 Å². The Morgan fingerprint density at radius 3 is 2.61 bits per heavy atom. The SMILES string of the molecule is C[C@@H]1CN(c2cccc([C@@H](C)NC(=O)C=Cc3cccc(F)c3)c2)C[C@H](C)O1. The first kappa shape index (κ1) is 20.1. The summed E-state index contributed by atoms with van der Waals surface area (Å²) in [4.78, 5) is 14.6. The predicted molar refractivity (Wildman–Crippen MR) is 111 cm³/mol. The van der Waals surface area contributed by atoms with E-state index >= 15 is 0 Å². The average Bonchev–Trinajstić information content (AvgIpc) is 2.66. The van der Waals surface area contributed by atoms with Crippen molar-refractivity contribution >= 4 is 17.7 Å². The molecule has 0 spiro atoms. The number of ether oxygens (including phenoxy) is 1. The molecule has 28 heavy (non-hydrogen) atoms. The molecule has 0 radical (unpaired) electrons. The minimum Gasteiger partial charge on any atom is -0.372 e. The molecule has 5 heteroatoms. The van der Waals surface area contributed by atoms with Crippen molar-refractivity contribution in [2.24, 2.45) is 0 Å². The number of amides is 1. The van der Waals surface area contributed by atoms with Crippen LogP contribution in [0.2, 0.25) is 0 Å². The molecule has 0 bridgehead atoms. The Labute approximate surface area is 166 Å². The molecular weight excluding hydrogens is 355 g/mol. The maximum Gasteiger partial charge on any atom is 0.244 e. The third-order valence-corrected chi connectivity index (χ3v) is 4.79. The van der Waals surface area contributed by atoms with E-state index in [1.54, 1.807) is 18.2 Å². The number of anilines is 1. The van der Waals surface area contributed by atoms with E-state index in [-0.39, 0.29) is 30.0 Å². The van der Waals surface area contributed by atoms with Gasteiger partial charge in [0.05, 0.1) is 18.2 Å². The fourth-order valence-electron chi connectivity index (χ4n) is 3.51. The van der Waals surface area contributed by atoms with Crippen molar-refractivity contribution in [1.82, 2.24) is 5.32 Å². The first-order valence-corrected chi connectivity index (χ1v) is 9.65. The third kappa shape index (κ3) is 5.42. The molecule has 4 nitrogen and oxygen atoms in total. The third-order valence-electron chi connectivity index (χ3n) is 4.79. The molecule has 148 valence electrons. The van der Waals surface area contributed by atoms with Crippen molar-refractivity contribution in [2.75, 3.05) is 18.0 Å². The molecule has 1 amide bonds. The highest BCUT2D eigenvalue weighted by atomic mass is 19.1. The largest absolute Gasteiger partial charge is 0.372 e. The Bertz CT molecular complexity index is 842. The summed E-state index contributed by atoms with van der Waals surface area (Å²) in [5.74, 6) is -0.532. The molecule has 2 aromatic rings. The quantitative estimate of drug-likeness (QED) is 0.783. The monoisotopic (exact) mass is 382 g/mol. The lowest BCUT2D eigenvalue weighted by molar-refractivity contribution is -0.117. The van der Waals surface area contributed by atoms with Gasteiger partial charge in [0.2, 0.25) is 5.91 Å². The Morgan fingerprint density at radius 2 is 1.89 bits per heavy atom. The molecule has 3 atom stereocenters. The van der Waals surface area contributed by atoms with Gasteiger partial charge in [0.15, 0.2) is 0 Å². The molecule has 1 aliphatic heterocycles. The van der Waals surface area contributed by atoms with Gasteiger partial charge < -0.3 is 15.0 Å². The van der Waals surface area contributed by atoms with Gasteiger partial charge >= 0.3 is 0 Å². The second-order valence-electron chi connectivity index (χ2n) is 7.38. The smallest absolute Gasteiger partial charge is 0.244 e. The predicted octanol–water partition coefficient (Wildman–Crippen LogP) is 4.33. The van der Waals surface area contributed by atoms with Crippen molar-refractivity contribution in [3.05, 3.63) is 71.6 Å². The second kappa shape index (κ2) is 9.02. The lowest BCUT2D eigenvalue weighted by Crippen LogP contribution is -2.45. The highest BCUT2D eigenvalue weighted by Crippen LogP contribution is 2.24. The minimum absolute atomic E-state index is 0.138. The van der Waals surface area contributed by atoms with Crippen molar-refractivity contribution in [3.8, 4) is 0 Å². The molecule has 0 saturated carbocycles. The van der Waals surface area contributed by atoms with Gasteiger partial charge in [-0.2, -0.15) is 0 Å². The molecule has 1 fully saturated rings. The van der Waals surface area contributed by atoms with Crippen molar-refractivity contribution in [3.63, 3.8) is 0 Å². The van der Waals surface area contributed by atoms with Crippen LogP contribution in [0.1, 0.15) is 37.9 Å². The number of carbonyl (C=O) groups excluding carboxylic acids is 1. The van der Waals surface area contributed by atoms with Crippen LogP contribution < -0.4 is 10.2 Å².